The molecule has 5 rings (SSSR count). The third kappa shape index (κ3) is 3.30. The summed E-state index contributed by atoms with van der Waals surface area (Å²) >= 11 is 1.42. The summed E-state index contributed by atoms with van der Waals surface area (Å²) in [4.78, 5) is 35.8. The number of carbonyl (C=O) groups excluding carboxylic acids is 1. The minimum atomic E-state index is -1.22. The Kier molecular flexibility index (Phi) is 5.06. The van der Waals surface area contributed by atoms with Crippen LogP contribution in [0.3, 0.4) is 0 Å². The molecule has 0 aliphatic carbocycles. The fourth-order valence-corrected chi connectivity index (χ4v) is 5.36. The lowest BCUT2D eigenvalue weighted by Gasteiger charge is -2.52. The van der Waals surface area contributed by atoms with Crippen LogP contribution in [0.25, 0.3) is 10.2 Å². The Hall–Kier alpha value is -3.44. The van der Waals surface area contributed by atoms with Crippen molar-refractivity contribution < 1.29 is 28.9 Å². The zero-order valence-corrected chi connectivity index (χ0v) is 18.1. The molecule has 2 N–H and O–H groups in total. The molecular weight excluding hydrogens is 436 g/mol. The molecule has 2 aromatic heterocycles. The molecule has 2 atom stereocenters. The van der Waals surface area contributed by atoms with Crippen LogP contribution in [0.5, 0.6) is 11.6 Å². The second kappa shape index (κ2) is 7.92. The first-order chi connectivity index (χ1) is 15.5. The van der Waals surface area contributed by atoms with Gasteiger partial charge in [0.15, 0.2) is 5.13 Å². The lowest BCUT2D eigenvalue weighted by Crippen LogP contribution is -2.64. The standard InChI is InChI=1S/C21H20N4O6S/c1-29-15-4-3-13-18(32-21(24-13)25-10-5-11(25)9-31-8-10)17(15)19(26)23-14-6-16(30-2)22-7-12(14)20(27)28/h3-4,6-7,10-11H,5,8-9H2,1-2H3,(H,27,28)(H,22,23,26). The molecule has 2 aliphatic heterocycles. The number of fused-ring (bicyclic) bond motifs is 3. The van der Waals surface area contributed by atoms with Crippen molar-refractivity contribution in [3.05, 3.63) is 35.5 Å². The number of carboxylic acids is 1. The molecular formula is C21H20N4O6S. The van der Waals surface area contributed by atoms with Crippen molar-refractivity contribution in [1.82, 2.24) is 9.97 Å². The summed E-state index contributed by atoms with van der Waals surface area (Å²) in [6.45, 7) is 1.34. The third-order valence-electron chi connectivity index (χ3n) is 5.69. The lowest BCUT2D eigenvalue weighted by molar-refractivity contribution is 0.0103. The van der Waals surface area contributed by atoms with Gasteiger partial charge in [-0.25, -0.2) is 14.8 Å². The number of hydrogen-bond acceptors (Lipinski definition) is 9. The fourth-order valence-electron chi connectivity index (χ4n) is 4.11. The van der Waals surface area contributed by atoms with E-state index >= 15 is 0 Å². The van der Waals surface area contributed by atoms with Gasteiger partial charge in [-0.2, -0.15) is 0 Å². The molecule has 2 saturated heterocycles. The Balaban J connectivity index is 1.54. The van der Waals surface area contributed by atoms with Gasteiger partial charge in [0.2, 0.25) is 5.88 Å². The van der Waals surface area contributed by atoms with E-state index in [1.165, 1.54) is 31.6 Å². The van der Waals surface area contributed by atoms with Crippen LogP contribution < -0.4 is 19.7 Å². The van der Waals surface area contributed by atoms with Crippen LogP contribution in [0.2, 0.25) is 0 Å². The molecule has 4 heterocycles. The molecule has 11 heteroatoms. The second-order valence-electron chi connectivity index (χ2n) is 7.51. The highest BCUT2D eigenvalue weighted by Crippen LogP contribution is 2.42. The number of nitrogens with one attached hydrogen (secondary N) is 1. The SMILES string of the molecule is COc1cc(NC(=O)c2c(OC)ccc3nc(N4C5COCC4C5)sc23)c(C(=O)O)cn1. The van der Waals surface area contributed by atoms with Gasteiger partial charge >= 0.3 is 5.97 Å². The smallest absolute Gasteiger partial charge is 0.339 e. The number of ether oxygens (including phenoxy) is 3. The van der Waals surface area contributed by atoms with Crippen LogP contribution in [0, 0.1) is 0 Å². The van der Waals surface area contributed by atoms with Gasteiger partial charge in [0.1, 0.15) is 16.9 Å². The van der Waals surface area contributed by atoms with Gasteiger partial charge in [0.05, 0.1) is 55.4 Å². The second-order valence-corrected chi connectivity index (χ2v) is 8.48. The number of hydrogen-bond donors (Lipinski definition) is 2. The number of benzene rings is 1. The van der Waals surface area contributed by atoms with Gasteiger partial charge in [-0.15, -0.1) is 0 Å². The number of nitrogens with zero attached hydrogens (tertiary/aromatic N) is 3. The van der Waals surface area contributed by atoms with Gasteiger partial charge < -0.3 is 29.5 Å². The Morgan fingerprint density at radius 1 is 1.25 bits per heavy atom. The molecule has 166 valence electrons. The number of methoxy groups -OCH3 is 2. The van der Waals surface area contributed by atoms with Gasteiger partial charge in [0, 0.05) is 12.3 Å². The van der Waals surface area contributed by atoms with Crippen molar-refractivity contribution in [1.29, 1.82) is 0 Å². The van der Waals surface area contributed by atoms with Crippen molar-refractivity contribution in [3.63, 3.8) is 0 Å². The normalized spacial score (nSPS) is 19.4. The Bertz CT molecular complexity index is 1210. The van der Waals surface area contributed by atoms with E-state index in [-0.39, 0.29) is 17.1 Å². The summed E-state index contributed by atoms with van der Waals surface area (Å²) in [5, 5.41) is 13.0. The highest BCUT2D eigenvalue weighted by molar-refractivity contribution is 7.22. The number of pyridine rings is 1. The summed E-state index contributed by atoms with van der Waals surface area (Å²) in [6.07, 6.45) is 2.22. The van der Waals surface area contributed by atoms with E-state index in [0.717, 1.165) is 17.7 Å². The predicted octanol–water partition coefficient (Wildman–Crippen LogP) is 2.64. The lowest BCUT2D eigenvalue weighted by atomic mass is 9.92. The van der Waals surface area contributed by atoms with E-state index in [1.54, 1.807) is 6.07 Å². The Morgan fingerprint density at radius 2 is 2.03 bits per heavy atom. The summed E-state index contributed by atoms with van der Waals surface area (Å²) in [6, 6.07) is 5.47. The van der Waals surface area contributed by atoms with E-state index in [0.29, 0.717) is 46.8 Å². The zero-order valence-electron chi connectivity index (χ0n) is 17.3. The van der Waals surface area contributed by atoms with Crippen LogP contribution in [0.1, 0.15) is 27.1 Å². The zero-order chi connectivity index (χ0) is 22.4. The van der Waals surface area contributed by atoms with Crippen LogP contribution in [0.4, 0.5) is 10.8 Å². The number of amides is 1. The van der Waals surface area contributed by atoms with Gasteiger partial charge in [0.25, 0.3) is 5.91 Å². The van der Waals surface area contributed by atoms with E-state index < -0.39 is 11.9 Å². The number of thiazole rings is 1. The molecule has 2 bridgehead atoms. The summed E-state index contributed by atoms with van der Waals surface area (Å²) < 4.78 is 16.8. The number of morpholine rings is 1. The maximum absolute atomic E-state index is 13.3. The number of carboxylic acid groups (broad SMARTS) is 1. The van der Waals surface area contributed by atoms with Gasteiger partial charge in [-0.1, -0.05) is 11.3 Å². The maximum Gasteiger partial charge on any atom is 0.339 e. The molecule has 0 saturated carbocycles. The summed E-state index contributed by atoms with van der Waals surface area (Å²) in [5.74, 6) is -1.17. The van der Waals surface area contributed by atoms with E-state index in [2.05, 4.69) is 15.2 Å². The molecule has 0 spiro atoms. The molecule has 0 radical (unpaired) electrons. The Morgan fingerprint density at radius 3 is 2.69 bits per heavy atom. The van der Waals surface area contributed by atoms with Crippen LogP contribution >= 0.6 is 11.3 Å². The third-order valence-corrected chi connectivity index (χ3v) is 6.80. The first kappa shape index (κ1) is 20.5. The number of anilines is 2. The molecule has 3 aromatic rings. The average Bonchev–Trinajstić information content (AvgIpc) is 3.21. The predicted molar refractivity (Wildman–Crippen MR) is 117 cm³/mol. The van der Waals surface area contributed by atoms with E-state index in [4.69, 9.17) is 19.2 Å². The maximum atomic E-state index is 13.3. The number of carbonyl (C=O) groups is 2. The van der Waals surface area contributed by atoms with Crippen LogP contribution in [0.15, 0.2) is 24.4 Å². The average molecular weight is 456 g/mol. The van der Waals surface area contributed by atoms with Crippen molar-refractivity contribution in [3.8, 4) is 11.6 Å². The molecule has 2 fully saturated rings. The highest BCUT2D eigenvalue weighted by Gasteiger charge is 2.44. The van der Waals surface area contributed by atoms with Crippen LogP contribution in [-0.2, 0) is 4.74 Å². The number of aromatic carboxylic acids is 1. The quantitative estimate of drug-likeness (QED) is 0.576. The fraction of sp³-hybridized carbons (Fsp3) is 0.333. The molecule has 2 aliphatic rings. The van der Waals surface area contributed by atoms with E-state index in [1.807, 2.05) is 6.07 Å². The first-order valence-electron chi connectivity index (χ1n) is 9.92. The van der Waals surface area contributed by atoms with Crippen LogP contribution in [-0.4, -0.2) is 66.5 Å². The highest BCUT2D eigenvalue weighted by atomic mass is 32.1. The molecule has 2 unspecified atom stereocenters. The monoisotopic (exact) mass is 456 g/mol. The molecule has 1 amide bonds. The van der Waals surface area contributed by atoms with Crippen molar-refractivity contribution in [2.24, 2.45) is 0 Å². The van der Waals surface area contributed by atoms with Gasteiger partial charge in [-0.3, -0.25) is 4.79 Å². The topological polar surface area (TPSA) is 123 Å². The first-order valence-corrected chi connectivity index (χ1v) is 10.7. The molecule has 10 nitrogen and oxygen atoms in total. The summed E-state index contributed by atoms with van der Waals surface area (Å²) in [7, 11) is 2.89. The number of rotatable bonds is 6. The summed E-state index contributed by atoms with van der Waals surface area (Å²) in [5.41, 5.74) is 0.895. The minimum absolute atomic E-state index is 0.0765. The molecule has 32 heavy (non-hydrogen) atoms. The van der Waals surface area contributed by atoms with Crippen molar-refractivity contribution >= 4 is 44.2 Å². The number of aromatic nitrogens is 2. The van der Waals surface area contributed by atoms with E-state index in [9.17, 15) is 14.7 Å². The molecule has 1 aromatic carbocycles. The van der Waals surface area contributed by atoms with Crippen molar-refractivity contribution in [2.75, 3.05) is 37.7 Å². The largest absolute Gasteiger partial charge is 0.496 e. The Labute approximate surface area is 186 Å². The minimum Gasteiger partial charge on any atom is -0.496 e. The van der Waals surface area contributed by atoms with Crippen molar-refractivity contribution in [2.45, 2.75) is 18.5 Å². The van der Waals surface area contributed by atoms with Gasteiger partial charge in [-0.05, 0) is 18.6 Å².